The smallest absolute Gasteiger partial charge is 0.410 e. The van der Waals surface area contributed by atoms with E-state index in [0.29, 0.717) is 45.7 Å². The van der Waals surface area contributed by atoms with Crippen molar-refractivity contribution in [1.29, 1.82) is 0 Å². The first kappa shape index (κ1) is 24.6. The lowest BCUT2D eigenvalue weighted by Gasteiger charge is -2.45. The normalized spacial score (nSPS) is 21.2. The Hall–Kier alpha value is -3.11. The van der Waals surface area contributed by atoms with Crippen LogP contribution >= 0.6 is 0 Å². The number of nitrogens with zero attached hydrogens (tertiary/aromatic N) is 3. The molecule has 1 aromatic heterocycles. The van der Waals surface area contributed by atoms with Gasteiger partial charge in [-0.15, -0.1) is 0 Å². The summed E-state index contributed by atoms with van der Waals surface area (Å²) in [6.07, 6.45) is 3.29. The highest BCUT2D eigenvalue weighted by Crippen LogP contribution is 2.36. The van der Waals surface area contributed by atoms with E-state index in [1.807, 2.05) is 45.9 Å². The Labute approximate surface area is 210 Å². The number of carbonyl (C=O) groups excluding carboxylic acids is 3. The second-order valence-corrected chi connectivity index (χ2v) is 10.8. The molecule has 0 saturated carbocycles. The van der Waals surface area contributed by atoms with Gasteiger partial charge in [0.05, 0.1) is 19.3 Å². The molecule has 0 radical (unpaired) electrons. The summed E-state index contributed by atoms with van der Waals surface area (Å²) in [5, 5.41) is 3.42. The number of hydrogen-bond acceptors (Lipinski definition) is 6. The maximum absolute atomic E-state index is 12.4. The third kappa shape index (κ3) is 4.79. The standard InChI is InChI=1S/C26H34N4O6/c1-17-14-30(21-6-5-18(13-20(17)21)29-10-7-22(31)27-23(29)32)19-15-34-26(35-16-19)8-11-28(12-9-26)24(33)36-25(2,3)4/h5-6,13-14,19H,7-12,15-16H2,1-4H3,(H,27,31,32). The highest BCUT2D eigenvalue weighted by atomic mass is 16.7. The van der Waals surface area contributed by atoms with E-state index in [2.05, 4.69) is 16.1 Å². The van der Waals surface area contributed by atoms with Crippen LogP contribution in [0, 0.1) is 6.92 Å². The predicted molar refractivity (Wildman–Crippen MR) is 133 cm³/mol. The predicted octanol–water partition coefficient (Wildman–Crippen LogP) is 3.71. The Morgan fingerprint density at radius 2 is 1.81 bits per heavy atom. The number of anilines is 1. The monoisotopic (exact) mass is 498 g/mol. The van der Waals surface area contributed by atoms with Crippen LogP contribution in [-0.4, -0.2) is 71.7 Å². The number of benzene rings is 1. The van der Waals surface area contributed by atoms with Gasteiger partial charge in [-0.25, -0.2) is 9.59 Å². The van der Waals surface area contributed by atoms with E-state index < -0.39 is 11.4 Å². The molecule has 1 spiro atoms. The van der Waals surface area contributed by atoms with Gasteiger partial charge in [-0.3, -0.25) is 15.0 Å². The number of hydrogen-bond donors (Lipinski definition) is 1. The number of nitrogens with one attached hydrogen (secondary N) is 1. The molecule has 0 bridgehead atoms. The number of piperidine rings is 1. The summed E-state index contributed by atoms with van der Waals surface area (Å²) in [5.74, 6) is -0.913. The van der Waals surface area contributed by atoms with Crippen LogP contribution in [0.25, 0.3) is 10.9 Å². The Morgan fingerprint density at radius 3 is 2.44 bits per heavy atom. The minimum Gasteiger partial charge on any atom is -0.444 e. The van der Waals surface area contributed by atoms with Gasteiger partial charge in [0.15, 0.2) is 5.79 Å². The van der Waals surface area contributed by atoms with E-state index in [9.17, 15) is 14.4 Å². The number of amides is 4. The molecule has 36 heavy (non-hydrogen) atoms. The molecular formula is C26H34N4O6. The molecule has 3 aliphatic rings. The van der Waals surface area contributed by atoms with Gasteiger partial charge in [-0.05, 0) is 51.5 Å². The second kappa shape index (κ2) is 9.08. The fourth-order valence-corrected chi connectivity index (χ4v) is 5.08. The van der Waals surface area contributed by atoms with Crippen LogP contribution in [0.5, 0.6) is 0 Å². The number of carbonyl (C=O) groups is 3. The van der Waals surface area contributed by atoms with Crippen molar-refractivity contribution in [2.45, 2.75) is 64.4 Å². The zero-order chi connectivity index (χ0) is 25.7. The summed E-state index contributed by atoms with van der Waals surface area (Å²) in [6, 6.07) is 5.53. The lowest BCUT2D eigenvalue weighted by Crippen LogP contribution is -2.53. The molecule has 5 rings (SSSR count). The maximum atomic E-state index is 12.4. The van der Waals surface area contributed by atoms with Crippen LogP contribution in [0.4, 0.5) is 15.3 Å². The quantitative estimate of drug-likeness (QED) is 0.677. The van der Waals surface area contributed by atoms with Crippen LogP contribution in [0.3, 0.4) is 0 Å². The van der Waals surface area contributed by atoms with Crippen molar-refractivity contribution in [2.24, 2.45) is 0 Å². The van der Waals surface area contributed by atoms with E-state index in [-0.39, 0.29) is 30.5 Å². The molecule has 0 atom stereocenters. The Kier molecular flexibility index (Phi) is 6.20. The van der Waals surface area contributed by atoms with E-state index in [1.165, 1.54) is 0 Å². The lowest BCUT2D eigenvalue weighted by molar-refractivity contribution is -0.294. The maximum Gasteiger partial charge on any atom is 0.410 e. The van der Waals surface area contributed by atoms with Gasteiger partial charge >= 0.3 is 12.1 Å². The lowest BCUT2D eigenvalue weighted by atomic mass is 10.0. The fraction of sp³-hybridized carbons (Fsp3) is 0.577. The molecule has 1 aromatic carbocycles. The highest BCUT2D eigenvalue weighted by Gasteiger charge is 2.42. The molecule has 10 heteroatoms. The van der Waals surface area contributed by atoms with Crippen molar-refractivity contribution in [3.8, 4) is 0 Å². The molecule has 3 aliphatic heterocycles. The average Bonchev–Trinajstić information content (AvgIpc) is 3.15. The largest absolute Gasteiger partial charge is 0.444 e. The first-order chi connectivity index (χ1) is 17.0. The Balaban J connectivity index is 1.24. The topological polar surface area (TPSA) is 102 Å². The van der Waals surface area contributed by atoms with Gasteiger partial charge in [-0.1, -0.05) is 0 Å². The summed E-state index contributed by atoms with van der Waals surface area (Å²) < 4.78 is 20.2. The Morgan fingerprint density at radius 1 is 1.11 bits per heavy atom. The summed E-state index contributed by atoms with van der Waals surface area (Å²) in [6.45, 7) is 10.1. The zero-order valence-corrected chi connectivity index (χ0v) is 21.3. The van der Waals surface area contributed by atoms with E-state index in [0.717, 1.165) is 22.2 Å². The van der Waals surface area contributed by atoms with Crippen LogP contribution < -0.4 is 10.2 Å². The highest BCUT2D eigenvalue weighted by molar-refractivity contribution is 6.06. The fourth-order valence-electron chi connectivity index (χ4n) is 5.08. The molecule has 2 aromatic rings. The molecule has 3 fully saturated rings. The van der Waals surface area contributed by atoms with E-state index in [4.69, 9.17) is 14.2 Å². The van der Waals surface area contributed by atoms with Gasteiger partial charge in [0, 0.05) is 61.7 Å². The summed E-state index contributed by atoms with van der Waals surface area (Å²) in [7, 11) is 0. The van der Waals surface area contributed by atoms with Gasteiger partial charge < -0.3 is 23.7 Å². The third-order valence-electron chi connectivity index (χ3n) is 7.03. The first-order valence-corrected chi connectivity index (χ1v) is 12.5. The number of fused-ring (bicyclic) bond motifs is 1. The minimum atomic E-state index is -0.667. The van der Waals surface area contributed by atoms with Gasteiger partial charge in [-0.2, -0.15) is 0 Å². The van der Waals surface area contributed by atoms with Crippen molar-refractivity contribution in [1.82, 2.24) is 14.8 Å². The summed E-state index contributed by atoms with van der Waals surface area (Å²) in [4.78, 5) is 39.5. The molecule has 3 saturated heterocycles. The third-order valence-corrected chi connectivity index (χ3v) is 7.03. The van der Waals surface area contributed by atoms with E-state index >= 15 is 0 Å². The van der Waals surface area contributed by atoms with Crippen molar-refractivity contribution in [3.05, 3.63) is 30.0 Å². The number of ether oxygens (including phenoxy) is 3. The number of urea groups is 1. The van der Waals surface area contributed by atoms with Crippen LogP contribution in [-0.2, 0) is 19.0 Å². The molecule has 1 N–H and O–H groups in total. The van der Waals surface area contributed by atoms with Gasteiger partial charge in [0.1, 0.15) is 5.60 Å². The van der Waals surface area contributed by atoms with Crippen molar-refractivity contribution < 1.29 is 28.6 Å². The van der Waals surface area contributed by atoms with Gasteiger partial charge in [0.25, 0.3) is 0 Å². The summed E-state index contributed by atoms with van der Waals surface area (Å²) >= 11 is 0. The molecule has 4 heterocycles. The second-order valence-electron chi connectivity index (χ2n) is 10.8. The van der Waals surface area contributed by atoms with Crippen molar-refractivity contribution >= 4 is 34.6 Å². The molecule has 194 valence electrons. The van der Waals surface area contributed by atoms with E-state index in [1.54, 1.807) is 9.80 Å². The molecule has 4 amide bonds. The molecule has 0 aliphatic carbocycles. The zero-order valence-electron chi connectivity index (χ0n) is 21.3. The molecule has 0 unspecified atom stereocenters. The SMILES string of the molecule is Cc1cn(C2COC3(CCN(C(=O)OC(C)(C)C)CC3)OC2)c2ccc(N3CCC(=O)NC3=O)cc12. The average molecular weight is 499 g/mol. The van der Waals surface area contributed by atoms with Gasteiger partial charge in [0.2, 0.25) is 5.91 Å². The number of aryl methyl sites for hydroxylation is 1. The number of imide groups is 1. The van der Waals surface area contributed by atoms with Crippen molar-refractivity contribution in [3.63, 3.8) is 0 Å². The van der Waals surface area contributed by atoms with Crippen LogP contribution in [0.15, 0.2) is 24.4 Å². The molecule has 10 nitrogen and oxygen atoms in total. The van der Waals surface area contributed by atoms with Crippen LogP contribution in [0.1, 0.15) is 51.6 Å². The van der Waals surface area contributed by atoms with Crippen LogP contribution in [0.2, 0.25) is 0 Å². The number of aromatic nitrogens is 1. The Bertz CT molecular complexity index is 1180. The molecular weight excluding hydrogens is 464 g/mol. The minimum absolute atomic E-state index is 0.0115. The first-order valence-electron chi connectivity index (χ1n) is 12.5. The number of rotatable bonds is 2. The number of likely N-dealkylation sites (tertiary alicyclic amines) is 1. The summed E-state index contributed by atoms with van der Waals surface area (Å²) in [5.41, 5.74) is 2.37. The van der Waals surface area contributed by atoms with Crippen molar-refractivity contribution in [2.75, 3.05) is 37.7 Å².